The van der Waals surface area contributed by atoms with E-state index in [-0.39, 0.29) is 0 Å². The third kappa shape index (κ3) is 3.97. The number of ether oxygens (including phenoxy) is 1. The number of hydrogen-bond donors (Lipinski definition) is 0. The van der Waals surface area contributed by atoms with Crippen LogP contribution < -0.4 is 0 Å². The van der Waals surface area contributed by atoms with E-state index in [0.29, 0.717) is 18.6 Å². The number of halogens is 1. The van der Waals surface area contributed by atoms with Gasteiger partial charge in [-0.1, -0.05) is 0 Å². The van der Waals surface area contributed by atoms with Crippen molar-refractivity contribution in [2.45, 2.75) is 39.0 Å². The van der Waals surface area contributed by atoms with Gasteiger partial charge in [0.25, 0.3) is 0 Å². The third-order valence-electron chi connectivity index (χ3n) is 3.38. The third-order valence-corrected chi connectivity index (χ3v) is 3.54. The first kappa shape index (κ1) is 13.8. The number of likely N-dealkylation sites (tertiary alicyclic amines) is 1. The molecule has 1 aromatic heterocycles. The summed E-state index contributed by atoms with van der Waals surface area (Å²) in [5.41, 5.74) is 1.30. The minimum absolute atomic E-state index is 0.401. The molecule has 1 fully saturated rings. The lowest BCUT2D eigenvalue weighted by Crippen LogP contribution is -2.36. The molecule has 5 heteroatoms. The average molecular weight is 272 g/mol. The van der Waals surface area contributed by atoms with Crippen molar-refractivity contribution in [3.63, 3.8) is 0 Å². The molecule has 0 spiro atoms. The maximum Gasteiger partial charge on any atom is 0.0605 e. The van der Waals surface area contributed by atoms with Gasteiger partial charge in [-0.3, -0.25) is 9.58 Å². The number of aryl methyl sites for hydroxylation is 1. The number of piperidine rings is 1. The van der Waals surface area contributed by atoms with Crippen molar-refractivity contribution in [2.24, 2.45) is 0 Å². The predicted octanol–water partition coefficient (Wildman–Crippen LogP) is 2.12. The van der Waals surface area contributed by atoms with Gasteiger partial charge in [0, 0.05) is 43.8 Å². The molecule has 18 heavy (non-hydrogen) atoms. The van der Waals surface area contributed by atoms with Crippen LogP contribution >= 0.6 is 11.6 Å². The molecule has 1 saturated heterocycles. The first-order chi connectivity index (χ1) is 8.81. The van der Waals surface area contributed by atoms with Crippen LogP contribution in [0.5, 0.6) is 0 Å². The first-order valence-electron chi connectivity index (χ1n) is 6.73. The average Bonchev–Trinajstić information content (AvgIpc) is 2.86. The maximum atomic E-state index is 5.68. The fourth-order valence-electron chi connectivity index (χ4n) is 2.36. The second kappa shape index (κ2) is 7.12. The Morgan fingerprint density at radius 3 is 2.83 bits per heavy atom. The minimum atomic E-state index is 0.401. The highest BCUT2D eigenvalue weighted by Gasteiger charge is 2.19. The van der Waals surface area contributed by atoms with Crippen molar-refractivity contribution < 1.29 is 4.74 Å². The number of hydrogen-bond acceptors (Lipinski definition) is 3. The highest BCUT2D eigenvalue weighted by molar-refractivity contribution is 6.17. The zero-order valence-corrected chi connectivity index (χ0v) is 11.8. The molecule has 0 aliphatic carbocycles. The minimum Gasteiger partial charge on any atom is -0.377 e. The van der Waals surface area contributed by atoms with Crippen molar-refractivity contribution in [3.8, 4) is 0 Å². The number of nitrogens with zero attached hydrogens (tertiary/aromatic N) is 3. The Labute approximate surface area is 114 Å². The van der Waals surface area contributed by atoms with E-state index in [2.05, 4.69) is 23.1 Å². The summed E-state index contributed by atoms with van der Waals surface area (Å²) in [7, 11) is 0. The second-order valence-corrected chi connectivity index (χ2v) is 5.12. The number of alkyl halides is 1. The quantitative estimate of drug-likeness (QED) is 0.743. The normalized spacial score (nSPS) is 18.3. The Hall–Kier alpha value is -0.580. The van der Waals surface area contributed by atoms with E-state index < -0.39 is 0 Å². The summed E-state index contributed by atoms with van der Waals surface area (Å²) in [6.45, 7) is 6.93. The Bertz CT molecular complexity index is 348. The monoisotopic (exact) mass is 271 g/mol. The van der Waals surface area contributed by atoms with Gasteiger partial charge in [-0.15, -0.1) is 11.6 Å². The van der Waals surface area contributed by atoms with Crippen molar-refractivity contribution in [1.82, 2.24) is 14.7 Å². The summed E-state index contributed by atoms with van der Waals surface area (Å²) in [6.07, 6.45) is 6.73. The lowest BCUT2D eigenvalue weighted by molar-refractivity contribution is 0.0134. The van der Waals surface area contributed by atoms with E-state index in [4.69, 9.17) is 16.3 Å². The van der Waals surface area contributed by atoms with Gasteiger partial charge in [-0.05, 0) is 19.8 Å². The van der Waals surface area contributed by atoms with Gasteiger partial charge in [0.15, 0.2) is 0 Å². The Morgan fingerprint density at radius 2 is 2.22 bits per heavy atom. The Balaban J connectivity index is 1.73. The molecule has 1 aliphatic heterocycles. The lowest BCUT2D eigenvalue weighted by atomic mass is 10.1. The van der Waals surface area contributed by atoms with Gasteiger partial charge in [0.1, 0.15) is 0 Å². The second-order valence-electron chi connectivity index (χ2n) is 4.74. The van der Waals surface area contributed by atoms with E-state index in [9.17, 15) is 0 Å². The van der Waals surface area contributed by atoms with Gasteiger partial charge >= 0.3 is 0 Å². The summed E-state index contributed by atoms with van der Waals surface area (Å²) >= 11 is 5.63. The van der Waals surface area contributed by atoms with Gasteiger partial charge in [0.2, 0.25) is 0 Å². The summed E-state index contributed by atoms with van der Waals surface area (Å²) in [5, 5.41) is 4.31. The zero-order valence-electron chi connectivity index (χ0n) is 11.0. The maximum absolute atomic E-state index is 5.68. The van der Waals surface area contributed by atoms with Gasteiger partial charge < -0.3 is 4.74 Å². The molecule has 0 radical (unpaired) electrons. The van der Waals surface area contributed by atoms with Crippen molar-refractivity contribution in [2.75, 3.05) is 25.6 Å². The summed E-state index contributed by atoms with van der Waals surface area (Å²) in [5.74, 6) is 0.594. The topological polar surface area (TPSA) is 30.3 Å². The molecular weight excluding hydrogens is 250 g/mol. The predicted molar refractivity (Wildman–Crippen MR) is 72.9 cm³/mol. The SMILES string of the molecule is CCn1cc(CN2CCC(OCCCl)CC2)cn1. The van der Waals surface area contributed by atoms with Crippen molar-refractivity contribution in [3.05, 3.63) is 18.0 Å². The van der Waals surface area contributed by atoms with Gasteiger partial charge in [-0.2, -0.15) is 5.10 Å². The van der Waals surface area contributed by atoms with Crippen molar-refractivity contribution in [1.29, 1.82) is 0 Å². The molecule has 4 nitrogen and oxygen atoms in total. The van der Waals surface area contributed by atoms with Gasteiger partial charge in [0.05, 0.1) is 18.9 Å². The standard InChI is InChI=1S/C13H22ClN3O/c1-2-17-11-12(9-15-17)10-16-6-3-13(4-7-16)18-8-5-14/h9,11,13H,2-8,10H2,1H3. The molecule has 1 aromatic rings. The molecule has 2 heterocycles. The fraction of sp³-hybridized carbons (Fsp3) is 0.769. The molecular formula is C13H22ClN3O. The van der Waals surface area contributed by atoms with Crippen LogP contribution in [-0.2, 0) is 17.8 Å². The van der Waals surface area contributed by atoms with Crippen molar-refractivity contribution >= 4 is 11.6 Å². The highest BCUT2D eigenvalue weighted by atomic mass is 35.5. The Kier molecular flexibility index (Phi) is 5.47. The van der Waals surface area contributed by atoms with Crippen LogP contribution in [0.15, 0.2) is 12.4 Å². The van der Waals surface area contributed by atoms with E-state index in [1.807, 2.05) is 10.9 Å². The molecule has 0 aromatic carbocycles. The van der Waals surface area contributed by atoms with Gasteiger partial charge in [-0.25, -0.2) is 0 Å². The largest absolute Gasteiger partial charge is 0.377 e. The number of aromatic nitrogens is 2. The smallest absolute Gasteiger partial charge is 0.0605 e. The molecule has 1 aliphatic rings. The van der Waals surface area contributed by atoms with E-state index >= 15 is 0 Å². The molecule has 0 N–H and O–H groups in total. The van der Waals surface area contributed by atoms with E-state index in [0.717, 1.165) is 39.0 Å². The van der Waals surface area contributed by atoms with Crippen LogP contribution in [-0.4, -0.2) is 46.4 Å². The van der Waals surface area contributed by atoms with Crippen LogP contribution in [0.3, 0.4) is 0 Å². The van der Waals surface area contributed by atoms with E-state index in [1.165, 1.54) is 5.56 Å². The van der Waals surface area contributed by atoms with Crippen LogP contribution in [0.25, 0.3) is 0 Å². The summed E-state index contributed by atoms with van der Waals surface area (Å²) in [4.78, 5) is 2.47. The highest BCUT2D eigenvalue weighted by Crippen LogP contribution is 2.16. The molecule has 0 bridgehead atoms. The lowest BCUT2D eigenvalue weighted by Gasteiger charge is -2.31. The first-order valence-corrected chi connectivity index (χ1v) is 7.26. The summed E-state index contributed by atoms with van der Waals surface area (Å²) in [6, 6.07) is 0. The summed E-state index contributed by atoms with van der Waals surface area (Å²) < 4.78 is 7.65. The molecule has 2 rings (SSSR count). The zero-order chi connectivity index (χ0) is 12.8. The fourth-order valence-corrected chi connectivity index (χ4v) is 2.45. The van der Waals surface area contributed by atoms with Crippen LogP contribution in [0.2, 0.25) is 0 Å². The molecule has 0 amide bonds. The Morgan fingerprint density at radius 1 is 1.44 bits per heavy atom. The molecule has 0 atom stereocenters. The van der Waals surface area contributed by atoms with E-state index in [1.54, 1.807) is 0 Å². The molecule has 0 unspecified atom stereocenters. The number of rotatable bonds is 6. The molecule has 102 valence electrons. The van der Waals surface area contributed by atoms with Crippen LogP contribution in [0.4, 0.5) is 0 Å². The van der Waals surface area contributed by atoms with Crippen LogP contribution in [0, 0.1) is 0 Å². The van der Waals surface area contributed by atoms with Crippen LogP contribution in [0.1, 0.15) is 25.3 Å². The molecule has 0 saturated carbocycles.